The second kappa shape index (κ2) is 10.3. The van der Waals surface area contributed by atoms with Crippen LogP contribution >= 0.6 is 23.2 Å². The number of nitrogens with zero attached hydrogens (tertiary/aromatic N) is 1. The van der Waals surface area contributed by atoms with Gasteiger partial charge in [0.2, 0.25) is 15.9 Å². The first-order valence-corrected chi connectivity index (χ1v) is 10.5. The summed E-state index contributed by atoms with van der Waals surface area (Å²) in [6.45, 7) is -0.287. The SMILES string of the molecule is COCCCN(CC(=O)Nc1ccc(F)c(F)c1)S(=O)(=O)c1ccc(Cl)c(Cl)c1. The van der Waals surface area contributed by atoms with Crippen molar-refractivity contribution in [1.29, 1.82) is 0 Å². The van der Waals surface area contributed by atoms with Gasteiger partial charge in [0, 0.05) is 32.0 Å². The zero-order chi connectivity index (χ0) is 21.6. The topological polar surface area (TPSA) is 75.7 Å². The summed E-state index contributed by atoms with van der Waals surface area (Å²) in [6, 6.07) is 6.63. The van der Waals surface area contributed by atoms with E-state index in [1.807, 2.05) is 0 Å². The van der Waals surface area contributed by atoms with E-state index >= 15 is 0 Å². The van der Waals surface area contributed by atoms with Crippen LogP contribution in [0.1, 0.15) is 6.42 Å². The summed E-state index contributed by atoms with van der Waals surface area (Å²) in [5.74, 6) is -2.92. The Bertz CT molecular complexity index is 990. The van der Waals surface area contributed by atoms with Gasteiger partial charge < -0.3 is 10.1 Å². The van der Waals surface area contributed by atoms with Crippen LogP contribution in [-0.4, -0.2) is 45.4 Å². The molecular weight excluding hydrogens is 449 g/mol. The lowest BCUT2D eigenvalue weighted by Gasteiger charge is -2.22. The van der Waals surface area contributed by atoms with Gasteiger partial charge >= 0.3 is 0 Å². The van der Waals surface area contributed by atoms with Crippen molar-refractivity contribution in [3.05, 3.63) is 58.1 Å². The summed E-state index contributed by atoms with van der Waals surface area (Å²) in [7, 11) is -2.62. The zero-order valence-corrected chi connectivity index (χ0v) is 17.6. The molecule has 0 bridgehead atoms. The molecule has 0 aromatic heterocycles. The van der Waals surface area contributed by atoms with Crippen LogP contribution in [-0.2, 0) is 19.6 Å². The number of sulfonamides is 1. The maximum absolute atomic E-state index is 13.3. The van der Waals surface area contributed by atoms with E-state index in [4.69, 9.17) is 27.9 Å². The molecule has 1 N–H and O–H groups in total. The summed E-state index contributed by atoms with van der Waals surface area (Å²) in [5, 5.41) is 2.58. The molecule has 2 aromatic rings. The number of anilines is 1. The van der Waals surface area contributed by atoms with E-state index in [-0.39, 0.29) is 33.8 Å². The monoisotopic (exact) mass is 466 g/mol. The average molecular weight is 467 g/mol. The molecule has 0 unspecified atom stereocenters. The van der Waals surface area contributed by atoms with Gasteiger partial charge in [-0.1, -0.05) is 23.2 Å². The highest BCUT2D eigenvalue weighted by Crippen LogP contribution is 2.26. The lowest BCUT2D eigenvalue weighted by Crippen LogP contribution is -2.39. The van der Waals surface area contributed by atoms with Crippen LogP contribution < -0.4 is 5.32 Å². The molecule has 158 valence electrons. The molecule has 0 aliphatic carbocycles. The Morgan fingerprint density at radius 2 is 1.83 bits per heavy atom. The van der Waals surface area contributed by atoms with Crippen LogP contribution in [0.25, 0.3) is 0 Å². The number of rotatable bonds is 9. The van der Waals surface area contributed by atoms with Crippen molar-refractivity contribution in [3.8, 4) is 0 Å². The van der Waals surface area contributed by atoms with Gasteiger partial charge in [-0.2, -0.15) is 4.31 Å². The summed E-state index contributed by atoms with van der Waals surface area (Å²) in [6.07, 6.45) is 0.329. The molecule has 0 atom stereocenters. The molecule has 0 heterocycles. The number of amides is 1. The van der Waals surface area contributed by atoms with Gasteiger partial charge in [0.15, 0.2) is 11.6 Å². The Hall–Kier alpha value is -1.78. The number of methoxy groups -OCH3 is 1. The largest absolute Gasteiger partial charge is 0.385 e. The first-order valence-electron chi connectivity index (χ1n) is 8.34. The lowest BCUT2D eigenvalue weighted by molar-refractivity contribution is -0.116. The molecule has 1 amide bonds. The Balaban J connectivity index is 2.22. The third kappa shape index (κ3) is 6.35. The van der Waals surface area contributed by atoms with Crippen LogP contribution in [0.4, 0.5) is 14.5 Å². The smallest absolute Gasteiger partial charge is 0.243 e. The van der Waals surface area contributed by atoms with Crippen molar-refractivity contribution >= 4 is 44.8 Å². The number of hydrogen-bond acceptors (Lipinski definition) is 4. The van der Waals surface area contributed by atoms with Crippen molar-refractivity contribution in [2.75, 3.05) is 32.1 Å². The van der Waals surface area contributed by atoms with Gasteiger partial charge in [0.25, 0.3) is 0 Å². The predicted octanol–water partition coefficient (Wildman–Crippen LogP) is 3.94. The zero-order valence-electron chi connectivity index (χ0n) is 15.3. The Kier molecular flexibility index (Phi) is 8.35. The van der Waals surface area contributed by atoms with Crippen molar-refractivity contribution < 1.29 is 26.7 Å². The number of halogens is 4. The van der Waals surface area contributed by atoms with E-state index in [2.05, 4.69) is 5.32 Å². The minimum absolute atomic E-state index is 0.00215. The lowest BCUT2D eigenvalue weighted by atomic mass is 10.3. The van der Waals surface area contributed by atoms with Gasteiger partial charge in [-0.05, 0) is 36.8 Å². The van der Waals surface area contributed by atoms with Gasteiger partial charge in [0.05, 0.1) is 21.5 Å². The third-order valence-electron chi connectivity index (χ3n) is 3.81. The van der Waals surface area contributed by atoms with Gasteiger partial charge in [-0.25, -0.2) is 17.2 Å². The molecule has 0 saturated carbocycles. The molecule has 6 nitrogen and oxygen atoms in total. The number of nitrogens with one attached hydrogen (secondary N) is 1. The maximum atomic E-state index is 13.3. The van der Waals surface area contributed by atoms with Gasteiger partial charge in [-0.3, -0.25) is 4.79 Å². The minimum atomic E-state index is -4.08. The molecule has 0 spiro atoms. The fraction of sp³-hybridized carbons (Fsp3) is 0.278. The highest BCUT2D eigenvalue weighted by molar-refractivity contribution is 7.89. The van der Waals surface area contributed by atoms with Gasteiger partial charge in [-0.15, -0.1) is 0 Å². The number of benzene rings is 2. The Morgan fingerprint density at radius 1 is 1.10 bits per heavy atom. The van der Waals surface area contributed by atoms with Crippen LogP contribution in [0.2, 0.25) is 10.0 Å². The molecule has 11 heteroatoms. The van der Waals surface area contributed by atoms with Crippen LogP contribution in [0.3, 0.4) is 0 Å². The summed E-state index contributed by atoms with van der Waals surface area (Å²) < 4.78 is 58.1. The summed E-state index contributed by atoms with van der Waals surface area (Å²) in [4.78, 5) is 12.2. The van der Waals surface area contributed by atoms with Crippen molar-refractivity contribution in [1.82, 2.24) is 4.31 Å². The Morgan fingerprint density at radius 3 is 2.45 bits per heavy atom. The number of carbonyl (C=O) groups is 1. The van der Waals surface area contributed by atoms with E-state index in [9.17, 15) is 22.0 Å². The third-order valence-corrected chi connectivity index (χ3v) is 6.39. The van der Waals surface area contributed by atoms with E-state index in [0.29, 0.717) is 6.42 Å². The molecule has 0 fully saturated rings. The quantitative estimate of drug-likeness (QED) is 0.567. The summed E-state index contributed by atoms with van der Waals surface area (Å²) in [5.41, 5.74) is -0.00215. The van der Waals surface area contributed by atoms with Crippen molar-refractivity contribution in [3.63, 3.8) is 0 Å². The van der Waals surface area contributed by atoms with E-state index in [0.717, 1.165) is 16.4 Å². The molecule has 2 rings (SSSR count). The normalized spacial score (nSPS) is 11.7. The van der Waals surface area contributed by atoms with Crippen LogP contribution in [0.5, 0.6) is 0 Å². The second-order valence-corrected chi connectivity index (χ2v) is 8.69. The van der Waals surface area contributed by atoms with Crippen molar-refractivity contribution in [2.45, 2.75) is 11.3 Å². The molecule has 0 radical (unpaired) electrons. The number of carbonyl (C=O) groups excluding carboxylic acids is 1. The second-order valence-electron chi connectivity index (χ2n) is 5.94. The molecular formula is C18H18Cl2F2N2O4S. The molecule has 0 saturated heterocycles. The van der Waals surface area contributed by atoms with Crippen LogP contribution in [0.15, 0.2) is 41.3 Å². The molecule has 29 heavy (non-hydrogen) atoms. The summed E-state index contributed by atoms with van der Waals surface area (Å²) >= 11 is 11.7. The fourth-order valence-corrected chi connectivity index (χ4v) is 4.21. The number of ether oxygens (including phenoxy) is 1. The first kappa shape index (κ1) is 23.5. The average Bonchev–Trinajstić information content (AvgIpc) is 2.66. The molecule has 0 aliphatic heterocycles. The minimum Gasteiger partial charge on any atom is -0.385 e. The fourth-order valence-electron chi connectivity index (χ4n) is 2.39. The predicted molar refractivity (Wildman–Crippen MR) is 107 cm³/mol. The van der Waals surface area contributed by atoms with E-state index in [1.54, 1.807) is 0 Å². The standard InChI is InChI=1S/C18H18Cl2F2N2O4S/c1-28-8-2-7-24(29(26,27)13-4-5-14(19)15(20)10-13)11-18(25)23-12-3-6-16(21)17(22)9-12/h3-6,9-10H,2,7-8,11H2,1H3,(H,23,25). The highest BCUT2D eigenvalue weighted by Gasteiger charge is 2.27. The highest BCUT2D eigenvalue weighted by atomic mass is 35.5. The maximum Gasteiger partial charge on any atom is 0.243 e. The first-order chi connectivity index (χ1) is 13.6. The van der Waals surface area contributed by atoms with Gasteiger partial charge in [0.1, 0.15) is 0 Å². The molecule has 2 aromatic carbocycles. The molecule has 0 aliphatic rings. The van der Waals surface area contributed by atoms with E-state index in [1.165, 1.54) is 31.4 Å². The van der Waals surface area contributed by atoms with Crippen LogP contribution in [0, 0.1) is 11.6 Å². The Labute approximate surface area is 177 Å². The number of hydrogen-bond donors (Lipinski definition) is 1. The van der Waals surface area contributed by atoms with Crippen molar-refractivity contribution in [2.24, 2.45) is 0 Å². The van der Waals surface area contributed by atoms with E-state index < -0.39 is 34.1 Å².